The molecule has 1 aliphatic heterocycles. The van der Waals surface area contributed by atoms with Crippen molar-refractivity contribution >= 4 is 17.2 Å². The van der Waals surface area contributed by atoms with Crippen LogP contribution in [0.3, 0.4) is 0 Å². The Bertz CT molecular complexity index is 2660. The van der Waals surface area contributed by atoms with Crippen LogP contribution in [-0.2, 0) is 23.0 Å². The van der Waals surface area contributed by atoms with Crippen LogP contribution in [0, 0.1) is 41.5 Å². The predicted octanol–water partition coefficient (Wildman–Crippen LogP) is 8.44. The highest BCUT2D eigenvalue weighted by atomic mass is 32.1. The molecule has 0 saturated carbocycles. The van der Waals surface area contributed by atoms with Gasteiger partial charge in [-0.05, 0) is 85.8 Å². The number of aliphatic hydroxyl groups is 2. The van der Waals surface area contributed by atoms with E-state index in [-0.39, 0.29) is 16.5 Å². The Balaban J connectivity index is 0.000000216. The van der Waals surface area contributed by atoms with E-state index < -0.39 is 81.9 Å². The van der Waals surface area contributed by atoms with E-state index >= 15 is 17.6 Å². The van der Waals surface area contributed by atoms with Gasteiger partial charge in [-0.25, -0.2) is 23.0 Å². The highest BCUT2D eigenvalue weighted by molar-refractivity contribution is 7.80. The van der Waals surface area contributed by atoms with Crippen LogP contribution in [0.2, 0.25) is 0 Å². The Kier molecular flexibility index (Phi) is 14.5. The van der Waals surface area contributed by atoms with Gasteiger partial charge in [0.25, 0.3) is 0 Å². The third-order valence-corrected chi connectivity index (χ3v) is 10.5. The van der Waals surface area contributed by atoms with Crippen molar-refractivity contribution < 1.29 is 54.8 Å². The number of nitriles is 1. The van der Waals surface area contributed by atoms with Crippen molar-refractivity contribution in [2.24, 2.45) is 5.84 Å². The summed E-state index contributed by atoms with van der Waals surface area (Å²) in [4.78, 5) is 7.73. The predicted molar refractivity (Wildman–Crippen MR) is 223 cm³/mol. The zero-order valence-corrected chi connectivity index (χ0v) is 34.7. The number of hydrogen-bond acceptors (Lipinski definition) is 11. The molecule has 6 aromatic rings. The summed E-state index contributed by atoms with van der Waals surface area (Å²) in [6.07, 6.45) is 2.48. The lowest BCUT2D eigenvalue weighted by molar-refractivity contribution is -0.205. The maximum Gasteiger partial charge on any atom is 0.323 e. The molecule has 65 heavy (non-hydrogen) atoms. The number of aryl methyl sites for hydroxylation is 1. The zero-order valence-electron chi connectivity index (χ0n) is 33.9. The number of hydrazine groups is 2. The van der Waals surface area contributed by atoms with Crippen LogP contribution >= 0.6 is 12.2 Å². The first-order valence-electron chi connectivity index (χ1n) is 19.3. The van der Waals surface area contributed by atoms with E-state index in [1.165, 1.54) is 41.4 Å². The van der Waals surface area contributed by atoms with Gasteiger partial charge in [-0.2, -0.15) is 22.8 Å². The van der Waals surface area contributed by atoms with Crippen molar-refractivity contribution in [1.82, 2.24) is 25.8 Å². The second-order valence-electron chi connectivity index (χ2n) is 14.5. The molecule has 1 aliphatic rings. The molecule has 1 fully saturated rings. The minimum atomic E-state index is -4.12. The molecule has 2 aromatic heterocycles. The molecule has 20 heteroatoms. The number of halogens is 8. The van der Waals surface area contributed by atoms with Crippen LogP contribution in [0.25, 0.3) is 0 Å². The fourth-order valence-electron chi connectivity index (χ4n) is 6.57. The van der Waals surface area contributed by atoms with Crippen LogP contribution in [0.15, 0.2) is 122 Å². The fraction of sp³-hybridized carbons (Fsp3) is 0.200. The fourth-order valence-corrected chi connectivity index (χ4v) is 6.80. The van der Waals surface area contributed by atoms with Gasteiger partial charge in [0, 0.05) is 42.8 Å². The summed E-state index contributed by atoms with van der Waals surface area (Å²) in [7, 11) is 0. The van der Waals surface area contributed by atoms with Crippen LogP contribution in [0.1, 0.15) is 40.1 Å². The normalized spacial score (nSPS) is 14.7. The van der Waals surface area contributed by atoms with E-state index in [2.05, 4.69) is 15.4 Å². The summed E-state index contributed by atoms with van der Waals surface area (Å²) in [5.41, 5.74) is -3.48. The average molecular weight is 924 g/mol. The van der Waals surface area contributed by atoms with Gasteiger partial charge in [0.2, 0.25) is 0 Å². The number of β-amino-alcohol motifs (C(OH)–C–C–N with tert-alkyl or cyclic N) is 1. The molecule has 0 spiro atoms. The van der Waals surface area contributed by atoms with Gasteiger partial charge in [-0.1, -0.05) is 36.0 Å². The summed E-state index contributed by atoms with van der Waals surface area (Å²) in [6, 6.07) is 23.4. The molecular weight excluding hydrogens is 887 g/mol. The summed E-state index contributed by atoms with van der Waals surface area (Å²) in [5.74, 6) is -6.56. The van der Waals surface area contributed by atoms with Crippen molar-refractivity contribution in [2.45, 2.75) is 36.4 Å². The quantitative estimate of drug-likeness (QED) is 0.0308. The van der Waals surface area contributed by atoms with Crippen LogP contribution in [0.5, 0.6) is 23.0 Å². The molecule has 1 saturated heterocycles. The molecular formula is C45H37F8N7O4S. The second-order valence-corrected chi connectivity index (χ2v) is 15.0. The van der Waals surface area contributed by atoms with E-state index in [0.29, 0.717) is 42.2 Å². The number of thiocarbonyl (C=S) groups is 1. The average Bonchev–Trinajstić information content (AvgIpc) is 3.68. The first-order chi connectivity index (χ1) is 30.8. The Hall–Kier alpha value is -6.60. The smallest absolute Gasteiger partial charge is 0.323 e. The van der Waals surface area contributed by atoms with E-state index in [1.54, 1.807) is 12.1 Å². The lowest BCUT2D eigenvalue weighted by Gasteiger charge is -2.39. The minimum Gasteiger partial charge on any atom is -0.456 e. The Labute approximate surface area is 371 Å². The molecule has 0 radical (unpaired) electrons. The summed E-state index contributed by atoms with van der Waals surface area (Å²) >= 11 is 5.16. The lowest BCUT2D eigenvalue weighted by atomic mass is 9.84. The molecule has 7 rings (SSSR count). The van der Waals surface area contributed by atoms with Gasteiger partial charge in [0.15, 0.2) is 11.2 Å². The van der Waals surface area contributed by atoms with Crippen LogP contribution in [0.4, 0.5) is 35.1 Å². The van der Waals surface area contributed by atoms with E-state index in [0.717, 1.165) is 54.4 Å². The molecule has 0 amide bonds. The number of benzene rings is 4. The van der Waals surface area contributed by atoms with Crippen molar-refractivity contribution in [3.8, 4) is 29.1 Å². The highest BCUT2D eigenvalue weighted by Crippen LogP contribution is 2.48. The van der Waals surface area contributed by atoms with Gasteiger partial charge in [-0.3, -0.25) is 26.2 Å². The van der Waals surface area contributed by atoms with Gasteiger partial charge in [0.1, 0.15) is 57.7 Å². The standard InChI is InChI=1S/C24H21F4N3O2S.C21H16F4N4O2/c1-15-2-5-17(6-3-15)33-18-7-9-21(29-13-18)24(27,28)23(32,14-31-22(34)10-11-30-31)19-8-4-16(25)12-20(19)26;22-14-3-7-17(18(23)9-14)20(30,12-29-27)21(24,25)19-8-6-16(11-28-19)31-15-4-1-13(10-26)2-5-15/h2-9,12-13,30,32H,10-11,14H2,1H3;1-9,11,29-30H,12,27H2. The number of rotatable bonds is 14. The summed E-state index contributed by atoms with van der Waals surface area (Å²) in [6.45, 7) is 0.561. The number of pyridine rings is 2. The molecule has 0 bridgehead atoms. The maximum absolute atomic E-state index is 15.8. The third-order valence-electron chi connectivity index (χ3n) is 10.1. The minimum absolute atomic E-state index is 0.109. The molecule has 3 heterocycles. The molecule has 0 aliphatic carbocycles. The number of nitrogens with zero attached hydrogens (tertiary/aromatic N) is 4. The molecule has 6 N–H and O–H groups in total. The van der Waals surface area contributed by atoms with E-state index in [4.69, 9.17) is 32.8 Å². The van der Waals surface area contributed by atoms with Crippen molar-refractivity contribution in [2.75, 3.05) is 19.6 Å². The van der Waals surface area contributed by atoms with Crippen molar-refractivity contribution in [3.63, 3.8) is 0 Å². The molecule has 2 unspecified atom stereocenters. The summed E-state index contributed by atoms with van der Waals surface area (Å²) < 4.78 is 129. The number of alkyl halides is 4. The Morgan fingerprint density at radius 1 is 0.723 bits per heavy atom. The number of hydrogen-bond donors (Lipinski definition) is 5. The Morgan fingerprint density at radius 3 is 1.60 bits per heavy atom. The molecule has 4 aromatic carbocycles. The lowest BCUT2D eigenvalue weighted by Crippen LogP contribution is -2.54. The van der Waals surface area contributed by atoms with Gasteiger partial charge >= 0.3 is 11.8 Å². The van der Waals surface area contributed by atoms with Gasteiger partial charge in [0.05, 0.1) is 35.6 Å². The number of ether oxygens (including phenoxy) is 2. The first-order valence-corrected chi connectivity index (χ1v) is 19.7. The molecule has 2 atom stereocenters. The summed E-state index contributed by atoms with van der Waals surface area (Å²) in [5, 5.41) is 32.0. The Morgan fingerprint density at radius 2 is 1.18 bits per heavy atom. The van der Waals surface area contributed by atoms with Gasteiger partial charge < -0.3 is 19.7 Å². The largest absolute Gasteiger partial charge is 0.456 e. The van der Waals surface area contributed by atoms with Crippen LogP contribution < -0.4 is 26.2 Å². The van der Waals surface area contributed by atoms with E-state index in [9.17, 15) is 27.8 Å². The number of aromatic nitrogens is 2. The van der Waals surface area contributed by atoms with Gasteiger partial charge in [-0.15, -0.1) is 0 Å². The van der Waals surface area contributed by atoms with Crippen molar-refractivity contribution in [1.29, 1.82) is 5.26 Å². The van der Waals surface area contributed by atoms with Crippen molar-refractivity contribution in [3.05, 3.63) is 178 Å². The topological polar surface area (TPSA) is 162 Å². The molecule has 11 nitrogen and oxygen atoms in total. The second kappa shape index (κ2) is 19.6. The number of nitrogens with two attached hydrogens (primary N) is 1. The zero-order chi connectivity index (χ0) is 47.2. The maximum atomic E-state index is 15.8. The first kappa shape index (κ1) is 47.9. The monoisotopic (exact) mass is 923 g/mol. The highest BCUT2D eigenvalue weighted by Gasteiger charge is 2.59. The SMILES string of the molecule is Cc1ccc(Oc2ccc(C(F)(F)C(O)(CN3NCCC3=S)c3ccc(F)cc3F)nc2)cc1.N#Cc1ccc(Oc2ccc(C(F)(F)C(O)(CNN)c3ccc(F)cc3F)nc2)cc1. The molecule has 338 valence electrons. The van der Waals surface area contributed by atoms with E-state index in [1.807, 2.05) is 30.6 Å². The number of nitrogens with one attached hydrogen (secondary N) is 2. The van der Waals surface area contributed by atoms with Crippen LogP contribution in [-0.4, -0.2) is 49.8 Å². The third kappa shape index (κ3) is 10.4.